The summed E-state index contributed by atoms with van der Waals surface area (Å²) in [6.45, 7) is 5.87. The van der Waals surface area contributed by atoms with Gasteiger partial charge in [-0.1, -0.05) is 36.7 Å². The number of nitrogens with zero attached hydrogens (tertiary/aromatic N) is 4. The molecule has 0 saturated heterocycles. The molecule has 0 aliphatic heterocycles. The lowest BCUT2D eigenvalue weighted by Crippen LogP contribution is -2.29. The topological polar surface area (TPSA) is 89.5 Å². The van der Waals surface area contributed by atoms with Crippen molar-refractivity contribution < 1.29 is 9.47 Å². The molecule has 3 rings (SSSR count). The average molecular weight is 595 g/mol. The lowest BCUT2D eigenvalue weighted by atomic mass is 9.95. The highest BCUT2D eigenvalue weighted by Gasteiger charge is 2.23. The summed E-state index contributed by atoms with van der Waals surface area (Å²) < 4.78 is 13.8. The lowest BCUT2D eigenvalue weighted by molar-refractivity contribution is 0.327. The van der Waals surface area contributed by atoms with E-state index in [1.165, 1.54) is 11.8 Å². The number of methoxy groups -OCH3 is 1. The highest BCUT2D eigenvalue weighted by Crippen LogP contribution is 2.33. The van der Waals surface area contributed by atoms with Crippen LogP contribution in [0.25, 0.3) is 10.9 Å². The molecule has 0 aliphatic rings. The number of aromatic nitrogens is 2. The molecule has 0 fully saturated rings. The molecule has 0 aliphatic carbocycles. The van der Waals surface area contributed by atoms with E-state index in [9.17, 15) is 4.79 Å². The van der Waals surface area contributed by atoms with E-state index in [0.717, 1.165) is 8.04 Å². The molecule has 0 spiro atoms. The van der Waals surface area contributed by atoms with Crippen LogP contribution in [0.4, 0.5) is 0 Å². The van der Waals surface area contributed by atoms with Gasteiger partial charge in [-0.2, -0.15) is 15.0 Å². The van der Waals surface area contributed by atoms with Crippen LogP contribution in [0.1, 0.15) is 32.2 Å². The molecule has 0 unspecified atom stereocenters. The van der Waals surface area contributed by atoms with Crippen molar-refractivity contribution >= 4 is 55.6 Å². The van der Waals surface area contributed by atoms with Crippen LogP contribution in [-0.2, 0) is 5.41 Å². The lowest BCUT2D eigenvalue weighted by Gasteiger charge is -2.21. The Balaban J connectivity index is 2.15. The zero-order chi connectivity index (χ0) is 22.8. The van der Waals surface area contributed by atoms with Gasteiger partial charge < -0.3 is 9.47 Å². The smallest absolute Gasteiger partial charge is 0.282 e. The quantitative estimate of drug-likeness (QED) is 0.311. The van der Waals surface area contributed by atoms with Crippen molar-refractivity contribution in [3.8, 4) is 17.6 Å². The number of rotatable bonds is 5. The summed E-state index contributed by atoms with van der Waals surface area (Å²) in [4.78, 5) is 18.0. The Morgan fingerprint density at radius 1 is 1.32 bits per heavy atom. The molecule has 0 N–H and O–H groups in total. The molecule has 0 amide bonds. The molecule has 1 heterocycles. The molecule has 1 aromatic heterocycles. The standard InChI is InChI=1S/C22H20BrIN4O3/c1-22(2,3)21-27-17-6-5-14(23)11-15(17)20(29)28(21)26-12-13-9-16(24)19(31-8-7-25)18(10-13)30-4/h5-6,9-12H,8H2,1-4H3. The molecule has 0 saturated carbocycles. The van der Waals surface area contributed by atoms with Gasteiger partial charge in [0.15, 0.2) is 18.1 Å². The molecular weight excluding hydrogens is 575 g/mol. The van der Waals surface area contributed by atoms with Gasteiger partial charge in [-0.05, 0) is 58.5 Å². The van der Waals surface area contributed by atoms with Crippen LogP contribution >= 0.6 is 38.5 Å². The van der Waals surface area contributed by atoms with E-state index in [1.54, 1.807) is 18.3 Å². The summed E-state index contributed by atoms with van der Waals surface area (Å²) in [5, 5.41) is 13.7. The maximum absolute atomic E-state index is 13.2. The summed E-state index contributed by atoms with van der Waals surface area (Å²) in [5.41, 5.74) is 0.688. The molecule has 160 valence electrons. The molecule has 0 bridgehead atoms. The molecular formula is C22H20BrIN4O3. The van der Waals surface area contributed by atoms with E-state index in [1.807, 2.05) is 45.0 Å². The van der Waals surface area contributed by atoms with Crippen LogP contribution < -0.4 is 15.0 Å². The van der Waals surface area contributed by atoms with Gasteiger partial charge in [-0.3, -0.25) is 4.79 Å². The fourth-order valence-electron chi connectivity index (χ4n) is 2.92. The van der Waals surface area contributed by atoms with Crippen molar-refractivity contribution in [2.24, 2.45) is 5.10 Å². The van der Waals surface area contributed by atoms with Gasteiger partial charge in [0, 0.05) is 9.89 Å². The van der Waals surface area contributed by atoms with Gasteiger partial charge in [-0.25, -0.2) is 4.98 Å². The van der Waals surface area contributed by atoms with Crippen LogP contribution in [0, 0.1) is 14.9 Å². The molecule has 2 aromatic carbocycles. The van der Waals surface area contributed by atoms with Gasteiger partial charge in [0.05, 0.1) is 27.8 Å². The largest absolute Gasteiger partial charge is 0.493 e. The summed E-state index contributed by atoms with van der Waals surface area (Å²) in [5.74, 6) is 1.53. The third-order valence-corrected chi connectivity index (χ3v) is 5.63. The average Bonchev–Trinajstić information content (AvgIpc) is 2.71. The number of hydrogen-bond donors (Lipinski definition) is 0. The van der Waals surface area contributed by atoms with Crippen molar-refractivity contribution in [1.82, 2.24) is 9.66 Å². The minimum atomic E-state index is -0.404. The Morgan fingerprint density at radius 3 is 2.71 bits per heavy atom. The summed E-state index contributed by atoms with van der Waals surface area (Å²) in [6.07, 6.45) is 1.58. The van der Waals surface area contributed by atoms with Gasteiger partial charge in [0.25, 0.3) is 5.56 Å². The summed E-state index contributed by atoms with van der Waals surface area (Å²) in [7, 11) is 1.53. The fraction of sp³-hybridized carbons (Fsp3) is 0.273. The minimum absolute atomic E-state index is 0.0809. The third kappa shape index (κ3) is 5.07. The Labute approximate surface area is 202 Å². The van der Waals surface area contributed by atoms with Crippen LogP contribution in [0.5, 0.6) is 11.5 Å². The van der Waals surface area contributed by atoms with Gasteiger partial charge in [0.1, 0.15) is 11.9 Å². The first-order valence-corrected chi connectivity index (χ1v) is 11.2. The first kappa shape index (κ1) is 23.2. The van der Waals surface area contributed by atoms with Crippen molar-refractivity contribution in [1.29, 1.82) is 5.26 Å². The van der Waals surface area contributed by atoms with Crippen molar-refractivity contribution in [2.75, 3.05) is 13.7 Å². The van der Waals surface area contributed by atoms with E-state index in [4.69, 9.17) is 19.7 Å². The number of benzene rings is 2. The summed E-state index contributed by atoms with van der Waals surface area (Å²) in [6, 6.07) is 10.9. The van der Waals surface area contributed by atoms with Crippen molar-refractivity contribution in [3.05, 3.63) is 60.1 Å². The SMILES string of the molecule is COc1cc(C=Nn2c(C(C)(C)C)nc3ccc(Br)cc3c2=O)cc(I)c1OCC#N. The molecule has 3 aromatic rings. The monoisotopic (exact) mass is 594 g/mol. The zero-order valence-electron chi connectivity index (χ0n) is 17.4. The van der Waals surface area contributed by atoms with E-state index >= 15 is 0 Å². The highest BCUT2D eigenvalue weighted by atomic mass is 127. The molecule has 9 heteroatoms. The third-order valence-electron chi connectivity index (χ3n) is 4.33. The normalized spacial score (nSPS) is 11.6. The highest BCUT2D eigenvalue weighted by molar-refractivity contribution is 14.1. The van der Waals surface area contributed by atoms with Crippen LogP contribution in [0.15, 0.2) is 44.7 Å². The van der Waals surface area contributed by atoms with Crippen LogP contribution in [0.3, 0.4) is 0 Å². The van der Waals surface area contributed by atoms with E-state index in [2.05, 4.69) is 43.6 Å². The number of halogens is 2. The maximum atomic E-state index is 13.2. The van der Waals surface area contributed by atoms with E-state index < -0.39 is 5.41 Å². The number of ether oxygens (including phenoxy) is 2. The molecule has 7 nitrogen and oxygen atoms in total. The van der Waals surface area contributed by atoms with Crippen LogP contribution in [-0.4, -0.2) is 29.6 Å². The molecule has 0 radical (unpaired) electrons. The maximum Gasteiger partial charge on any atom is 0.282 e. The molecule has 31 heavy (non-hydrogen) atoms. The Hall–Kier alpha value is -2.45. The van der Waals surface area contributed by atoms with E-state index in [-0.39, 0.29) is 12.2 Å². The Morgan fingerprint density at radius 2 is 2.06 bits per heavy atom. The Bertz CT molecular complexity index is 1270. The zero-order valence-corrected chi connectivity index (χ0v) is 21.2. The van der Waals surface area contributed by atoms with Gasteiger partial charge in [-0.15, -0.1) is 0 Å². The second-order valence-electron chi connectivity index (χ2n) is 7.69. The second-order valence-corrected chi connectivity index (χ2v) is 9.77. The first-order chi connectivity index (χ1) is 14.7. The second kappa shape index (κ2) is 9.36. The van der Waals surface area contributed by atoms with E-state index in [0.29, 0.717) is 33.8 Å². The van der Waals surface area contributed by atoms with Gasteiger partial charge >= 0.3 is 0 Å². The van der Waals surface area contributed by atoms with Crippen LogP contribution in [0.2, 0.25) is 0 Å². The molecule has 0 atom stereocenters. The summed E-state index contributed by atoms with van der Waals surface area (Å²) >= 11 is 5.52. The minimum Gasteiger partial charge on any atom is -0.493 e. The van der Waals surface area contributed by atoms with Crippen molar-refractivity contribution in [2.45, 2.75) is 26.2 Å². The predicted molar refractivity (Wildman–Crippen MR) is 132 cm³/mol. The number of hydrogen-bond acceptors (Lipinski definition) is 6. The van der Waals surface area contributed by atoms with Gasteiger partial charge in [0.2, 0.25) is 0 Å². The Kier molecular flexibility index (Phi) is 7.01. The predicted octanol–water partition coefficient (Wildman–Crippen LogP) is 4.85. The number of fused-ring (bicyclic) bond motifs is 1. The number of nitriles is 1. The van der Waals surface area contributed by atoms with Crippen molar-refractivity contribution in [3.63, 3.8) is 0 Å². The fourth-order valence-corrected chi connectivity index (χ4v) is 4.07. The first-order valence-electron chi connectivity index (χ1n) is 9.30.